The van der Waals surface area contributed by atoms with E-state index < -0.39 is 0 Å². The maximum Gasteiger partial charge on any atom is 0.232 e. The van der Waals surface area contributed by atoms with E-state index in [9.17, 15) is 0 Å². The molecule has 1 aromatic carbocycles. The van der Waals surface area contributed by atoms with E-state index in [1.54, 1.807) is 12.1 Å². The quantitative estimate of drug-likeness (QED) is 0.866. The highest BCUT2D eigenvalue weighted by Crippen LogP contribution is 2.23. The van der Waals surface area contributed by atoms with Crippen LogP contribution in [0.5, 0.6) is 0 Å². The van der Waals surface area contributed by atoms with Crippen molar-refractivity contribution in [3.05, 3.63) is 39.9 Å². The molecule has 1 N–H and O–H groups in total. The van der Waals surface area contributed by atoms with Crippen molar-refractivity contribution in [2.45, 2.75) is 0 Å². The van der Waals surface area contributed by atoms with Gasteiger partial charge >= 0.3 is 0 Å². The first-order chi connectivity index (χ1) is 7.65. The topological polar surface area (TPSA) is 50.7 Å². The first kappa shape index (κ1) is 14.5. The molecule has 0 atom stereocenters. The van der Waals surface area contributed by atoms with Crippen molar-refractivity contribution < 1.29 is 0 Å². The normalized spacial score (nSPS) is 9.59. The van der Waals surface area contributed by atoms with Gasteiger partial charge in [0.1, 0.15) is 0 Å². The molecule has 17 heavy (non-hydrogen) atoms. The van der Waals surface area contributed by atoms with Crippen LogP contribution in [-0.2, 0) is 0 Å². The lowest BCUT2D eigenvalue weighted by atomic mass is 10.3. The first-order valence-electron chi connectivity index (χ1n) is 4.24. The maximum absolute atomic E-state index is 5.95. The van der Waals surface area contributed by atoms with Gasteiger partial charge < -0.3 is 5.32 Å². The van der Waals surface area contributed by atoms with Gasteiger partial charge in [0, 0.05) is 0 Å². The number of aromatic nitrogens is 3. The van der Waals surface area contributed by atoms with E-state index in [4.69, 9.17) is 34.8 Å². The molecule has 1 aromatic heterocycles. The molecule has 0 bridgehead atoms. The second-order valence-corrected chi connectivity index (χ2v) is 3.89. The van der Waals surface area contributed by atoms with E-state index in [1.807, 2.05) is 12.1 Å². The smallest absolute Gasteiger partial charge is 0.232 e. The van der Waals surface area contributed by atoms with Crippen LogP contribution < -0.4 is 5.32 Å². The Morgan fingerprint density at radius 1 is 0.882 bits per heavy atom. The standard InChI is InChI=1S/C9H5Cl3N4.Al.3H/c10-5-3-1-2-4-6(5)13-9-15-7(11)14-8(12)16-9;;;;/h1-4H,(H,13,14,15,16);;;;. The predicted molar refractivity (Wildman–Crippen MR) is 74.5 cm³/mol. The average molecular weight is 306 g/mol. The summed E-state index contributed by atoms with van der Waals surface area (Å²) in [6, 6.07) is 7.18. The molecule has 2 aromatic rings. The van der Waals surface area contributed by atoms with Gasteiger partial charge in [0.15, 0.2) is 17.4 Å². The Labute approximate surface area is 123 Å². The second kappa shape index (κ2) is 6.39. The number of nitrogens with zero attached hydrogens (tertiary/aromatic N) is 3. The minimum atomic E-state index is 0. The molecule has 4 nitrogen and oxygen atoms in total. The van der Waals surface area contributed by atoms with Crippen LogP contribution in [0.15, 0.2) is 24.3 Å². The van der Waals surface area contributed by atoms with Gasteiger partial charge in [-0.3, -0.25) is 0 Å². The number of hydrogen-bond acceptors (Lipinski definition) is 4. The minimum Gasteiger partial charge on any atom is -0.323 e. The lowest BCUT2D eigenvalue weighted by molar-refractivity contribution is 1.05. The van der Waals surface area contributed by atoms with Gasteiger partial charge in [-0.2, -0.15) is 15.0 Å². The van der Waals surface area contributed by atoms with E-state index in [2.05, 4.69) is 20.3 Å². The average Bonchev–Trinajstić information content (AvgIpc) is 2.20. The number of hydrogen-bond donors (Lipinski definition) is 1. The van der Waals surface area contributed by atoms with Crippen molar-refractivity contribution in [1.82, 2.24) is 15.0 Å². The van der Waals surface area contributed by atoms with E-state index in [1.165, 1.54) is 0 Å². The molecule has 0 aliphatic rings. The van der Waals surface area contributed by atoms with E-state index >= 15 is 0 Å². The number of para-hydroxylation sites is 1. The number of rotatable bonds is 2. The second-order valence-electron chi connectivity index (χ2n) is 2.80. The summed E-state index contributed by atoms with van der Waals surface area (Å²) < 4.78 is 0. The number of halogens is 3. The molecule has 0 aliphatic heterocycles. The van der Waals surface area contributed by atoms with Crippen LogP contribution in [0, 0.1) is 0 Å². The van der Waals surface area contributed by atoms with Crippen LogP contribution in [0.1, 0.15) is 0 Å². The SMILES string of the molecule is Clc1nc(Cl)nc(Nc2ccccc2Cl)n1.[AlH3]. The highest BCUT2D eigenvalue weighted by Gasteiger charge is 2.05. The number of anilines is 2. The van der Waals surface area contributed by atoms with Crippen molar-refractivity contribution in [3.8, 4) is 0 Å². The summed E-state index contributed by atoms with van der Waals surface area (Å²) in [4.78, 5) is 11.4. The molecule has 0 aliphatic carbocycles. The van der Waals surface area contributed by atoms with Crippen LogP contribution in [0.25, 0.3) is 0 Å². The molecule has 0 unspecified atom stereocenters. The zero-order chi connectivity index (χ0) is 11.5. The van der Waals surface area contributed by atoms with Gasteiger partial charge in [0.25, 0.3) is 0 Å². The first-order valence-corrected chi connectivity index (χ1v) is 5.37. The fraction of sp³-hybridized carbons (Fsp3) is 0. The molecule has 2 rings (SSSR count). The fourth-order valence-corrected chi connectivity index (χ4v) is 1.61. The summed E-state index contributed by atoms with van der Waals surface area (Å²) >= 11 is 17.2. The fourth-order valence-electron chi connectivity index (χ4n) is 1.06. The Hall–Kier alpha value is -0.568. The highest BCUT2D eigenvalue weighted by atomic mass is 35.5. The predicted octanol–water partition coefficient (Wildman–Crippen LogP) is 2.39. The molecule has 1 heterocycles. The highest BCUT2D eigenvalue weighted by molar-refractivity contribution is 6.33. The van der Waals surface area contributed by atoms with Gasteiger partial charge in [-0.05, 0) is 35.3 Å². The Morgan fingerprint density at radius 2 is 1.47 bits per heavy atom. The third kappa shape index (κ3) is 3.99. The van der Waals surface area contributed by atoms with Crippen molar-refractivity contribution >= 4 is 63.8 Å². The Balaban J connectivity index is 0.00000144. The number of benzene rings is 1. The van der Waals surface area contributed by atoms with Gasteiger partial charge in [-0.1, -0.05) is 23.7 Å². The van der Waals surface area contributed by atoms with Crippen molar-refractivity contribution in [2.24, 2.45) is 0 Å². The van der Waals surface area contributed by atoms with E-state index in [-0.39, 0.29) is 33.9 Å². The molecule has 0 radical (unpaired) electrons. The van der Waals surface area contributed by atoms with Crippen LogP contribution in [0.3, 0.4) is 0 Å². The van der Waals surface area contributed by atoms with Gasteiger partial charge in [0.2, 0.25) is 16.5 Å². The Morgan fingerprint density at radius 3 is 2.06 bits per heavy atom. The molecule has 88 valence electrons. The monoisotopic (exact) mass is 304 g/mol. The molecule has 0 saturated carbocycles. The van der Waals surface area contributed by atoms with Gasteiger partial charge in [-0.15, -0.1) is 0 Å². The van der Waals surface area contributed by atoms with Crippen LogP contribution >= 0.6 is 34.8 Å². The molecule has 0 saturated heterocycles. The molecule has 0 spiro atoms. The maximum atomic E-state index is 5.95. The Kier molecular flexibility index (Phi) is 5.45. The summed E-state index contributed by atoms with van der Waals surface area (Å²) in [7, 11) is 0. The van der Waals surface area contributed by atoms with Crippen molar-refractivity contribution in [2.75, 3.05) is 5.32 Å². The molecular weight excluding hydrogens is 297 g/mol. The molecule has 0 amide bonds. The summed E-state index contributed by atoms with van der Waals surface area (Å²) in [6.45, 7) is 0. The largest absolute Gasteiger partial charge is 0.323 e. The van der Waals surface area contributed by atoms with Crippen molar-refractivity contribution in [3.63, 3.8) is 0 Å². The van der Waals surface area contributed by atoms with Gasteiger partial charge in [-0.25, -0.2) is 0 Å². The number of nitrogens with one attached hydrogen (secondary N) is 1. The van der Waals surface area contributed by atoms with Crippen molar-refractivity contribution in [1.29, 1.82) is 0 Å². The minimum absolute atomic E-state index is 0. The lowest BCUT2D eigenvalue weighted by Gasteiger charge is -2.06. The third-order valence-corrected chi connectivity index (χ3v) is 2.37. The summed E-state index contributed by atoms with van der Waals surface area (Å²) in [5, 5.41) is 3.49. The summed E-state index contributed by atoms with van der Waals surface area (Å²) in [6.07, 6.45) is 0. The summed E-state index contributed by atoms with van der Waals surface area (Å²) in [5.41, 5.74) is 0.669. The van der Waals surface area contributed by atoms with Crippen LogP contribution in [0.4, 0.5) is 11.6 Å². The molecule has 0 fully saturated rings. The Bertz CT molecular complexity index is 503. The molecular formula is C9H8AlCl3N4. The lowest BCUT2D eigenvalue weighted by Crippen LogP contribution is -1.99. The van der Waals surface area contributed by atoms with E-state index in [0.717, 1.165) is 0 Å². The summed E-state index contributed by atoms with van der Waals surface area (Å²) in [5.74, 6) is 0.248. The zero-order valence-electron chi connectivity index (χ0n) is 7.78. The van der Waals surface area contributed by atoms with Crippen LogP contribution in [0.2, 0.25) is 15.6 Å². The zero-order valence-corrected chi connectivity index (χ0v) is 10.1. The van der Waals surface area contributed by atoms with Crippen LogP contribution in [-0.4, -0.2) is 32.3 Å². The van der Waals surface area contributed by atoms with Gasteiger partial charge in [0.05, 0.1) is 10.7 Å². The molecule has 8 heteroatoms. The third-order valence-electron chi connectivity index (χ3n) is 1.70. The van der Waals surface area contributed by atoms with E-state index in [0.29, 0.717) is 10.7 Å².